The maximum atomic E-state index is 12.7. The predicted molar refractivity (Wildman–Crippen MR) is 65.5 cm³/mol. The number of nitrogens with zero attached hydrogens (tertiary/aromatic N) is 1. The number of rotatable bonds is 2. The van der Waals surface area contributed by atoms with Crippen molar-refractivity contribution in [3.8, 4) is 6.07 Å². The molecule has 102 valence electrons. The number of nitriles is 1. The third kappa shape index (κ3) is 3.48. The van der Waals surface area contributed by atoms with E-state index in [1.165, 1.54) is 12.1 Å². The monoisotopic (exact) mass is 268 g/mol. The van der Waals surface area contributed by atoms with E-state index < -0.39 is 11.7 Å². The first kappa shape index (κ1) is 13.9. The van der Waals surface area contributed by atoms with Crippen LogP contribution in [0.3, 0.4) is 0 Å². The molecule has 0 radical (unpaired) electrons. The van der Waals surface area contributed by atoms with Crippen molar-refractivity contribution in [2.45, 2.75) is 25.4 Å². The Balaban J connectivity index is 2.17. The van der Waals surface area contributed by atoms with E-state index in [0.717, 1.165) is 44.0 Å². The average molecular weight is 268 g/mol. The highest BCUT2D eigenvalue weighted by molar-refractivity contribution is 5.42. The van der Waals surface area contributed by atoms with Crippen LogP contribution in [0.15, 0.2) is 18.2 Å². The summed E-state index contributed by atoms with van der Waals surface area (Å²) in [7, 11) is 0. The SMILES string of the molecule is N#Cc1cc(CC2CCNCC2)ccc1C(F)(F)F. The van der Waals surface area contributed by atoms with Gasteiger partial charge in [-0.2, -0.15) is 18.4 Å². The Labute approximate surface area is 110 Å². The largest absolute Gasteiger partial charge is 0.417 e. The molecule has 1 heterocycles. The lowest BCUT2D eigenvalue weighted by atomic mass is 9.90. The van der Waals surface area contributed by atoms with Gasteiger partial charge < -0.3 is 5.32 Å². The molecule has 1 saturated heterocycles. The second-order valence-corrected chi connectivity index (χ2v) is 4.89. The van der Waals surface area contributed by atoms with E-state index >= 15 is 0 Å². The molecule has 0 bridgehead atoms. The Hall–Kier alpha value is -1.54. The Bertz CT molecular complexity index is 482. The summed E-state index contributed by atoms with van der Waals surface area (Å²) in [5, 5.41) is 12.1. The van der Waals surface area contributed by atoms with Gasteiger partial charge in [-0.05, 0) is 56.0 Å². The van der Waals surface area contributed by atoms with Crippen LogP contribution in [-0.2, 0) is 12.6 Å². The third-order valence-electron chi connectivity index (χ3n) is 3.49. The molecule has 2 nitrogen and oxygen atoms in total. The van der Waals surface area contributed by atoms with Crippen molar-refractivity contribution >= 4 is 0 Å². The summed E-state index contributed by atoms with van der Waals surface area (Å²) in [4.78, 5) is 0. The van der Waals surface area contributed by atoms with E-state index in [-0.39, 0.29) is 5.56 Å². The highest BCUT2D eigenvalue weighted by Crippen LogP contribution is 2.32. The van der Waals surface area contributed by atoms with Crippen LogP contribution < -0.4 is 5.32 Å². The average Bonchev–Trinajstić information content (AvgIpc) is 2.38. The molecule has 0 unspecified atom stereocenters. The van der Waals surface area contributed by atoms with Gasteiger partial charge in [0.05, 0.1) is 17.2 Å². The molecule has 1 fully saturated rings. The number of alkyl halides is 3. The first-order chi connectivity index (χ1) is 9.00. The summed E-state index contributed by atoms with van der Waals surface area (Å²) >= 11 is 0. The van der Waals surface area contributed by atoms with Crippen molar-refractivity contribution in [3.05, 3.63) is 34.9 Å². The minimum atomic E-state index is -4.46. The molecule has 0 saturated carbocycles. The van der Waals surface area contributed by atoms with Gasteiger partial charge in [-0.3, -0.25) is 0 Å². The third-order valence-corrected chi connectivity index (χ3v) is 3.49. The zero-order valence-corrected chi connectivity index (χ0v) is 10.4. The molecule has 0 amide bonds. The zero-order chi connectivity index (χ0) is 13.9. The summed E-state index contributed by atoms with van der Waals surface area (Å²) in [6.07, 6.45) is -1.65. The van der Waals surface area contributed by atoms with Crippen molar-refractivity contribution in [2.24, 2.45) is 5.92 Å². The lowest BCUT2D eigenvalue weighted by Crippen LogP contribution is -2.28. The molecule has 1 aliphatic rings. The normalized spacial score (nSPS) is 17.2. The van der Waals surface area contributed by atoms with Crippen LogP contribution in [0.1, 0.15) is 29.5 Å². The predicted octanol–water partition coefficient (Wildman–Crippen LogP) is 3.12. The Kier molecular flexibility index (Phi) is 4.11. The number of benzene rings is 1. The minimum Gasteiger partial charge on any atom is -0.317 e. The summed E-state index contributed by atoms with van der Waals surface area (Å²) in [5.41, 5.74) is -0.306. The molecule has 19 heavy (non-hydrogen) atoms. The number of hydrogen-bond donors (Lipinski definition) is 1. The maximum absolute atomic E-state index is 12.7. The second-order valence-electron chi connectivity index (χ2n) is 4.89. The van der Waals surface area contributed by atoms with E-state index in [1.807, 2.05) is 0 Å². The van der Waals surface area contributed by atoms with Crippen molar-refractivity contribution in [3.63, 3.8) is 0 Å². The van der Waals surface area contributed by atoms with Gasteiger partial charge in [-0.1, -0.05) is 6.07 Å². The van der Waals surface area contributed by atoms with Crippen LogP contribution in [0.25, 0.3) is 0 Å². The van der Waals surface area contributed by atoms with Gasteiger partial charge in [-0.25, -0.2) is 0 Å². The molecule has 0 atom stereocenters. The fourth-order valence-electron chi connectivity index (χ4n) is 2.48. The molecular formula is C14H15F3N2. The van der Waals surface area contributed by atoms with E-state index in [9.17, 15) is 13.2 Å². The smallest absolute Gasteiger partial charge is 0.317 e. The van der Waals surface area contributed by atoms with Crippen molar-refractivity contribution in [2.75, 3.05) is 13.1 Å². The number of halogens is 3. The first-order valence-electron chi connectivity index (χ1n) is 6.31. The molecule has 5 heteroatoms. The van der Waals surface area contributed by atoms with E-state index in [1.54, 1.807) is 6.07 Å². The number of piperidine rings is 1. The first-order valence-corrected chi connectivity index (χ1v) is 6.31. The molecule has 2 rings (SSSR count). The fraction of sp³-hybridized carbons (Fsp3) is 0.500. The fourth-order valence-corrected chi connectivity index (χ4v) is 2.48. The molecular weight excluding hydrogens is 253 g/mol. The van der Waals surface area contributed by atoms with E-state index in [2.05, 4.69) is 5.32 Å². The van der Waals surface area contributed by atoms with E-state index in [0.29, 0.717) is 5.92 Å². The Morgan fingerprint density at radius 1 is 1.26 bits per heavy atom. The molecule has 0 aliphatic carbocycles. The van der Waals surface area contributed by atoms with E-state index in [4.69, 9.17) is 5.26 Å². The van der Waals surface area contributed by atoms with Gasteiger partial charge in [-0.15, -0.1) is 0 Å². The lowest BCUT2D eigenvalue weighted by Gasteiger charge is -2.22. The summed E-state index contributed by atoms with van der Waals surface area (Å²) in [6, 6.07) is 5.54. The van der Waals surface area contributed by atoms with Gasteiger partial charge in [0, 0.05) is 0 Å². The summed E-state index contributed by atoms with van der Waals surface area (Å²) < 4.78 is 38.0. The van der Waals surface area contributed by atoms with Crippen LogP contribution in [0.4, 0.5) is 13.2 Å². The topological polar surface area (TPSA) is 35.8 Å². The number of nitrogens with one attached hydrogen (secondary N) is 1. The highest BCUT2D eigenvalue weighted by Gasteiger charge is 2.33. The minimum absolute atomic E-state index is 0.279. The zero-order valence-electron chi connectivity index (χ0n) is 10.4. The molecule has 1 N–H and O–H groups in total. The van der Waals surface area contributed by atoms with Crippen LogP contribution in [-0.4, -0.2) is 13.1 Å². The molecule has 1 aromatic carbocycles. The van der Waals surface area contributed by atoms with Gasteiger partial charge in [0.25, 0.3) is 0 Å². The Morgan fingerprint density at radius 2 is 1.95 bits per heavy atom. The summed E-state index contributed by atoms with van der Waals surface area (Å²) in [6.45, 7) is 1.91. The van der Waals surface area contributed by atoms with Gasteiger partial charge in [0.2, 0.25) is 0 Å². The van der Waals surface area contributed by atoms with Crippen molar-refractivity contribution in [1.82, 2.24) is 5.32 Å². The quantitative estimate of drug-likeness (QED) is 0.894. The van der Waals surface area contributed by atoms with Crippen LogP contribution in [0.2, 0.25) is 0 Å². The molecule has 0 spiro atoms. The molecule has 1 aromatic rings. The van der Waals surface area contributed by atoms with Crippen LogP contribution >= 0.6 is 0 Å². The molecule has 0 aromatic heterocycles. The van der Waals surface area contributed by atoms with Crippen molar-refractivity contribution in [1.29, 1.82) is 5.26 Å². The van der Waals surface area contributed by atoms with Gasteiger partial charge >= 0.3 is 6.18 Å². The standard InChI is InChI=1S/C14H15F3N2/c15-14(16,17)13-2-1-11(8-12(13)9-18)7-10-3-5-19-6-4-10/h1-2,8,10,19H,3-7H2. The van der Waals surface area contributed by atoms with Crippen LogP contribution in [0.5, 0.6) is 0 Å². The molecule has 1 aliphatic heterocycles. The second kappa shape index (κ2) is 5.62. The Morgan fingerprint density at radius 3 is 2.53 bits per heavy atom. The van der Waals surface area contributed by atoms with Gasteiger partial charge in [0.1, 0.15) is 0 Å². The van der Waals surface area contributed by atoms with Crippen molar-refractivity contribution < 1.29 is 13.2 Å². The lowest BCUT2D eigenvalue weighted by molar-refractivity contribution is -0.137. The maximum Gasteiger partial charge on any atom is 0.417 e. The van der Waals surface area contributed by atoms with Gasteiger partial charge in [0.15, 0.2) is 0 Å². The highest BCUT2D eigenvalue weighted by atomic mass is 19.4. The van der Waals surface area contributed by atoms with Crippen LogP contribution in [0, 0.1) is 17.2 Å². The number of hydrogen-bond acceptors (Lipinski definition) is 2. The summed E-state index contributed by atoms with van der Waals surface area (Å²) in [5.74, 6) is 0.490.